The molecule has 0 aliphatic heterocycles. The molecule has 1 heterocycles. The maximum Gasteiger partial charge on any atom is 0.221 e. The first kappa shape index (κ1) is 14.2. The van der Waals surface area contributed by atoms with Crippen molar-refractivity contribution < 1.29 is 4.79 Å². The zero-order chi connectivity index (χ0) is 13.4. The van der Waals surface area contributed by atoms with Gasteiger partial charge in [0.05, 0.1) is 12.4 Å². The Bertz CT molecular complexity index is 382. The van der Waals surface area contributed by atoms with Crippen molar-refractivity contribution in [3.8, 4) is 0 Å². The summed E-state index contributed by atoms with van der Waals surface area (Å²) < 4.78 is 0. The van der Waals surface area contributed by atoms with Gasteiger partial charge in [-0.05, 0) is 13.3 Å². The Morgan fingerprint density at radius 1 is 1.39 bits per heavy atom. The highest BCUT2D eigenvalue weighted by molar-refractivity contribution is 5.76. The van der Waals surface area contributed by atoms with Crippen molar-refractivity contribution in [2.45, 2.75) is 32.7 Å². The smallest absolute Gasteiger partial charge is 0.221 e. The fourth-order valence-electron chi connectivity index (χ4n) is 1.32. The average molecular weight is 251 g/mol. The van der Waals surface area contributed by atoms with E-state index in [4.69, 9.17) is 0 Å². The maximum atomic E-state index is 11.5. The lowest BCUT2D eigenvalue weighted by Crippen LogP contribution is -2.33. The first-order chi connectivity index (χ1) is 8.65. The Hall–Kier alpha value is -1.85. The van der Waals surface area contributed by atoms with E-state index in [0.717, 1.165) is 6.42 Å². The summed E-state index contributed by atoms with van der Waals surface area (Å²) in [6.07, 6.45) is 4.64. The third kappa shape index (κ3) is 4.99. The summed E-state index contributed by atoms with van der Waals surface area (Å²) >= 11 is 0. The monoisotopic (exact) mass is 251 g/mol. The molecule has 1 unspecified atom stereocenters. The summed E-state index contributed by atoms with van der Waals surface area (Å²) in [5, 5.41) is 8.89. The molecule has 1 aromatic heterocycles. The van der Waals surface area contributed by atoms with Crippen LogP contribution in [0.15, 0.2) is 12.4 Å². The van der Waals surface area contributed by atoms with Gasteiger partial charge in [0.25, 0.3) is 0 Å². The van der Waals surface area contributed by atoms with Gasteiger partial charge in [-0.15, -0.1) is 0 Å². The van der Waals surface area contributed by atoms with Crippen molar-refractivity contribution in [2.75, 3.05) is 24.2 Å². The Morgan fingerprint density at radius 3 is 2.78 bits per heavy atom. The summed E-state index contributed by atoms with van der Waals surface area (Å²) in [5.41, 5.74) is 0. The predicted molar refractivity (Wildman–Crippen MR) is 72.6 cm³/mol. The molecule has 6 heteroatoms. The summed E-state index contributed by atoms with van der Waals surface area (Å²) in [6.45, 7) is 4.58. The zero-order valence-corrected chi connectivity index (χ0v) is 11.2. The highest BCUT2D eigenvalue weighted by Gasteiger charge is 2.05. The molecule has 1 atom stereocenters. The fourth-order valence-corrected chi connectivity index (χ4v) is 1.32. The van der Waals surface area contributed by atoms with E-state index < -0.39 is 0 Å². The molecule has 0 saturated heterocycles. The number of nitrogens with zero attached hydrogens (tertiary/aromatic N) is 2. The van der Waals surface area contributed by atoms with E-state index in [1.54, 1.807) is 19.4 Å². The summed E-state index contributed by atoms with van der Waals surface area (Å²) in [7, 11) is 1.79. The van der Waals surface area contributed by atoms with Gasteiger partial charge in [0.2, 0.25) is 5.91 Å². The minimum atomic E-state index is 0.0505. The topological polar surface area (TPSA) is 78.9 Å². The number of aromatic nitrogens is 2. The van der Waals surface area contributed by atoms with E-state index in [1.807, 2.05) is 13.8 Å². The third-order valence-corrected chi connectivity index (χ3v) is 2.57. The average Bonchev–Trinajstić information content (AvgIpc) is 2.38. The highest BCUT2D eigenvalue weighted by atomic mass is 16.1. The van der Waals surface area contributed by atoms with Crippen LogP contribution in [0.5, 0.6) is 0 Å². The van der Waals surface area contributed by atoms with Gasteiger partial charge in [0.1, 0.15) is 11.6 Å². The van der Waals surface area contributed by atoms with Gasteiger partial charge in [0.15, 0.2) is 0 Å². The van der Waals surface area contributed by atoms with Crippen molar-refractivity contribution in [3.05, 3.63) is 12.4 Å². The first-order valence-corrected chi connectivity index (χ1v) is 6.18. The van der Waals surface area contributed by atoms with Gasteiger partial charge < -0.3 is 16.0 Å². The molecule has 0 spiro atoms. The zero-order valence-electron chi connectivity index (χ0n) is 11.2. The largest absolute Gasteiger partial charge is 0.372 e. The lowest BCUT2D eigenvalue weighted by atomic mass is 10.2. The van der Waals surface area contributed by atoms with Crippen molar-refractivity contribution in [2.24, 2.45) is 0 Å². The molecule has 0 fully saturated rings. The van der Waals surface area contributed by atoms with Crippen LogP contribution in [-0.2, 0) is 4.79 Å². The quantitative estimate of drug-likeness (QED) is 0.679. The normalized spacial score (nSPS) is 11.7. The second kappa shape index (κ2) is 7.47. The molecule has 0 radical (unpaired) electrons. The summed E-state index contributed by atoms with van der Waals surface area (Å²) in [6, 6.07) is 0.227. The minimum Gasteiger partial charge on any atom is -0.372 e. The molecule has 1 rings (SSSR count). The van der Waals surface area contributed by atoms with E-state index in [2.05, 4.69) is 25.9 Å². The number of nitrogens with one attached hydrogen (secondary N) is 3. The molecule has 0 saturated carbocycles. The molecule has 100 valence electrons. The molecule has 3 N–H and O–H groups in total. The van der Waals surface area contributed by atoms with Crippen molar-refractivity contribution in [3.63, 3.8) is 0 Å². The van der Waals surface area contributed by atoms with Gasteiger partial charge in [-0.3, -0.25) is 9.78 Å². The second-order valence-corrected chi connectivity index (χ2v) is 4.09. The Labute approximate surface area is 108 Å². The van der Waals surface area contributed by atoms with Gasteiger partial charge in [0, 0.05) is 26.1 Å². The lowest BCUT2D eigenvalue weighted by Gasteiger charge is -2.11. The number of carbonyl (C=O) groups is 1. The fraction of sp³-hybridized carbons (Fsp3) is 0.583. The van der Waals surface area contributed by atoms with E-state index in [1.165, 1.54) is 0 Å². The van der Waals surface area contributed by atoms with Gasteiger partial charge in [-0.2, -0.15) is 0 Å². The highest BCUT2D eigenvalue weighted by Crippen LogP contribution is 2.05. The van der Waals surface area contributed by atoms with Crippen molar-refractivity contribution in [1.82, 2.24) is 15.3 Å². The Kier molecular flexibility index (Phi) is 5.90. The van der Waals surface area contributed by atoms with Gasteiger partial charge in [-0.25, -0.2) is 4.98 Å². The predicted octanol–water partition coefficient (Wildman–Crippen LogP) is 1.23. The van der Waals surface area contributed by atoms with Crippen LogP contribution in [0.2, 0.25) is 0 Å². The second-order valence-electron chi connectivity index (χ2n) is 4.09. The minimum absolute atomic E-state index is 0.0505. The van der Waals surface area contributed by atoms with Gasteiger partial charge >= 0.3 is 0 Å². The third-order valence-electron chi connectivity index (χ3n) is 2.57. The Morgan fingerprint density at radius 2 is 2.11 bits per heavy atom. The number of anilines is 2. The molecule has 1 aromatic rings. The van der Waals surface area contributed by atoms with Crippen LogP contribution in [0.4, 0.5) is 11.6 Å². The number of amides is 1. The van der Waals surface area contributed by atoms with Gasteiger partial charge in [-0.1, -0.05) is 6.92 Å². The SMILES string of the molecule is CCC(C)NC(=O)CCNc1cncc(NC)n1. The molecule has 18 heavy (non-hydrogen) atoms. The standard InChI is InChI=1S/C12H21N5O/c1-4-9(2)16-12(18)5-6-15-11-8-14-7-10(13-3)17-11/h7-9H,4-6H2,1-3H3,(H,16,18)(H2,13,15,17). The van der Waals surface area contributed by atoms with Crippen LogP contribution in [0.1, 0.15) is 26.7 Å². The summed E-state index contributed by atoms with van der Waals surface area (Å²) in [4.78, 5) is 19.8. The molecule has 0 aliphatic rings. The lowest BCUT2D eigenvalue weighted by molar-refractivity contribution is -0.121. The summed E-state index contributed by atoms with van der Waals surface area (Å²) in [5.74, 6) is 1.41. The van der Waals surface area contributed by atoms with Crippen LogP contribution >= 0.6 is 0 Å². The number of hydrogen-bond acceptors (Lipinski definition) is 5. The first-order valence-electron chi connectivity index (χ1n) is 6.18. The van der Waals surface area contributed by atoms with E-state index in [-0.39, 0.29) is 11.9 Å². The van der Waals surface area contributed by atoms with Crippen LogP contribution < -0.4 is 16.0 Å². The van der Waals surface area contributed by atoms with E-state index in [9.17, 15) is 4.79 Å². The number of hydrogen-bond donors (Lipinski definition) is 3. The van der Waals surface area contributed by atoms with Crippen LogP contribution in [-0.4, -0.2) is 35.5 Å². The Balaban J connectivity index is 2.30. The molecule has 6 nitrogen and oxygen atoms in total. The van der Waals surface area contributed by atoms with E-state index >= 15 is 0 Å². The molecule has 0 aromatic carbocycles. The molecular formula is C12H21N5O. The maximum absolute atomic E-state index is 11.5. The van der Waals surface area contributed by atoms with E-state index in [0.29, 0.717) is 24.6 Å². The molecule has 1 amide bonds. The van der Waals surface area contributed by atoms with Crippen LogP contribution in [0, 0.1) is 0 Å². The molecular weight excluding hydrogens is 230 g/mol. The van der Waals surface area contributed by atoms with Crippen molar-refractivity contribution in [1.29, 1.82) is 0 Å². The number of carbonyl (C=O) groups excluding carboxylic acids is 1. The van der Waals surface area contributed by atoms with Crippen molar-refractivity contribution >= 4 is 17.5 Å². The molecule has 0 aliphatic carbocycles. The molecule has 0 bridgehead atoms. The number of rotatable bonds is 7. The van der Waals surface area contributed by atoms with Crippen LogP contribution in [0.25, 0.3) is 0 Å². The van der Waals surface area contributed by atoms with Crippen LogP contribution in [0.3, 0.4) is 0 Å².